The minimum atomic E-state index is -0.0512. The summed E-state index contributed by atoms with van der Waals surface area (Å²) in [5.74, 6) is 0.560. The Balaban J connectivity index is 1.66. The van der Waals surface area contributed by atoms with Gasteiger partial charge in [-0.2, -0.15) is 0 Å². The number of benzene rings is 1. The van der Waals surface area contributed by atoms with E-state index < -0.39 is 0 Å². The molecule has 6 heteroatoms. The number of hydrogen-bond donors (Lipinski definition) is 1. The van der Waals surface area contributed by atoms with Crippen LogP contribution in [0, 0.1) is 5.92 Å². The van der Waals surface area contributed by atoms with Crippen molar-refractivity contribution < 1.29 is 4.79 Å². The molecule has 1 N–H and O–H groups in total. The van der Waals surface area contributed by atoms with Crippen LogP contribution in [0.2, 0.25) is 10.3 Å². The first kappa shape index (κ1) is 13.3. The monoisotopic (exact) mass is 307 g/mol. The summed E-state index contributed by atoms with van der Waals surface area (Å²) in [7, 11) is 0. The van der Waals surface area contributed by atoms with Gasteiger partial charge in [0.05, 0.1) is 0 Å². The van der Waals surface area contributed by atoms with E-state index in [9.17, 15) is 4.79 Å². The van der Waals surface area contributed by atoms with Crippen molar-refractivity contribution in [3.05, 3.63) is 52.4 Å². The third kappa shape index (κ3) is 2.92. The van der Waals surface area contributed by atoms with Gasteiger partial charge in [0, 0.05) is 17.1 Å². The highest BCUT2D eigenvalue weighted by atomic mass is 35.5. The molecule has 0 aliphatic heterocycles. The first-order chi connectivity index (χ1) is 9.63. The van der Waals surface area contributed by atoms with E-state index in [2.05, 4.69) is 15.3 Å². The second kappa shape index (κ2) is 5.38. The molecule has 0 spiro atoms. The van der Waals surface area contributed by atoms with Crippen LogP contribution in [0.3, 0.4) is 0 Å². The molecule has 1 saturated carbocycles. The summed E-state index contributed by atoms with van der Waals surface area (Å²) in [6, 6.07) is 9.23. The largest absolute Gasteiger partial charge is 0.310 e. The van der Waals surface area contributed by atoms with E-state index in [0.29, 0.717) is 10.8 Å². The summed E-state index contributed by atoms with van der Waals surface area (Å²) in [6.07, 6.45) is 2.33. The number of carbonyl (C=O) groups is 1. The number of hydrogen-bond acceptors (Lipinski definition) is 3. The molecule has 0 saturated heterocycles. The minimum Gasteiger partial charge on any atom is -0.310 e. The topological polar surface area (TPSA) is 54.9 Å². The molecule has 4 nitrogen and oxygen atoms in total. The lowest BCUT2D eigenvalue weighted by Gasteiger charge is -2.04. The highest BCUT2D eigenvalue weighted by Crippen LogP contribution is 2.48. The van der Waals surface area contributed by atoms with Gasteiger partial charge >= 0.3 is 0 Å². The van der Waals surface area contributed by atoms with E-state index in [1.54, 1.807) is 6.07 Å². The second-order valence-electron chi connectivity index (χ2n) is 4.70. The summed E-state index contributed by atoms with van der Waals surface area (Å²) in [4.78, 5) is 19.8. The van der Waals surface area contributed by atoms with Gasteiger partial charge in [0.2, 0.25) is 11.2 Å². The Labute approximate surface area is 126 Å². The standard InChI is InChI=1S/C14H11Cl2N3O/c15-9-3-1-2-8(6-9)10-7-11(10)13(20)18-12-4-5-17-14(16)19-12/h1-6,10-11H,7H2,(H,17,18,19,20). The lowest BCUT2D eigenvalue weighted by atomic mass is 10.1. The maximum Gasteiger partial charge on any atom is 0.229 e. The Morgan fingerprint density at radius 1 is 1.30 bits per heavy atom. The van der Waals surface area contributed by atoms with E-state index in [1.807, 2.05) is 24.3 Å². The van der Waals surface area contributed by atoms with Crippen LogP contribution in [0.25, 0.3) is 0 Å². The Hall–Kier alpha value is -1.65. The average Bonchev–Trinajstić information content (AvgIpc) is 3.19. The van der Waals surface area contributed by atoms with Crippen molar-refractivity contribution in [2.75, 3.05) is 5.32 Å². The van der Waals surface area contributed by atoms with Gasteiger partial charge in [-0.1, -0.05) is 23.7 Å². The third-order valence-electron chi connectivity index (χ3n) is 3.28. The van der Waals surface area contributed by atoms with E-state index in [4.69, 9.17) is 23.2 Å². The molecule has 1 aromatic carbocycles. The molecule has 1 amide bonds. The minimum absolute atomic E-state index is 0.0396. The number of halogens is 2. The van der Waals surface area contributed by atoms with E-state index in [1.165, 1.54) is 6.20 Å². The van der Waals surface area contributed by atoms with Crippen molar-refractivity contribution in [1.29, 1.82) is 0 Å². The number of amides is 1. The molecule has 1 heterocycles. The van der Waals surface area contributed by atoms with Gasteiger partial charge < -0.3 is 5.32 Å². The number of anilines is 1. The smallest absolute Gasteiger partial charge is 0.229 e. The average molecular weight is 308 g/mol. The van der Waals surface area contributed by atoms with Crippen molar-refractivity contribution in [1.82, 2.24) is 9.97 Å². The summed E-state index contributed by atoms with van der Waals surface area (Å²) >= 11 is 11.6. The lowest BCUT2D eigenvalue weighted by Crippen LogP contribution is -2.15. The van der Waals surface area contributed by atoms with Crippen LogP contribution in [0.15, 0.2) is 36.5 Å². The van der Waals surface area contributed by atoms with Crippen LogP contribution < -0.4 is 5.32 Å². The van der Waals surface area contributed by atoms with Gasteiger partial charge in [0.15, 0.2) is 0 Å². The van der Waals surface area contributed by atoms with Crippen LogP contribution in [-0.4, -0.2) is 15.9 Å². The van der Waals surface area contributed by atoms with E-state index in [-0.39, 0.29) is 23.0 Å². The fourth-order valence-electron chi connectivity index (χ4n) is 2.21. The van der Waals surface area contributed by atoms with Crippen molar-refractivity contribution >= 4 is 34.9 Å². The molecule has 0 bridgehead atoms. The number of nitrogens with zero attached hydrogens (tertiary/aromatic N) is 2. The van der Waals surface area contributed by atoms with Gasteiger partial charge in [-0.3, -0.25) is 4.79 Å². The zero-order chi connectivity index (χ0) is 14.1. The van der Waals surface area contributed by atoms with Crippen LogP contribution in [0.4, 0.5) is 5.82 Å². The van der Waals surface area contributed by atoms with Crippen LogP contribution >= 0.6 is 23.2 Å². The lowest BCUT2D eigenvalue weighted by molar-refractivity contribution is -0.117. The number of nitrogens with one attached hydrogen (secondary N) is 1. The molecular formula is C14H11Cl2N3O. The molecule has 3 rings (SSSR count). The number of rotatable bonds is 3. The molecule has 1 fully saturated rings. The Morgan fingerprint density at radius 2 is 2.15 bits per heavy atom. The van der Waals surface area contributed by atoms with E-state index in [0.717, 1.165) is 12.0 Å². The maximum absolute atomic E-state index is 12.1. The van der Waals surface area contributed by atoms with E-state index >= 15 is 0 Å². The summed E-state index contributed by atoms with van der Waals surface area (Å²) in [5.41, 5.74) is 1.10. The molecular weight excluding hydrogens is 297 g/mol. The van der Waals surface area contributed by atoms with Gasteiger partial charge in [0.1, 0.15) is 5.82 Å². The first-order valence-corrected chi connectivity index (χ1v) is 6.94. The molecule has 1 aliphatic rings. The number of carbonyl (C=O) groups excluding carboxylic acids is 1. The molecule has 0 radical (unpaired) electrons. The summed E-state index contributed by atoms with van der Waals surface area (Å²) in [6.45, 7) is 0. The zero-order valence-corrected chi connectivity index (χ0v) is 11.9. The van der Waals surface area contributed by atoms with Crippen molar-refractivity contribution in [3.8, 4) is 0 Å². The molecule has 2 atom stereocenters. The van der Waals surface area contributed by atoms with Crippen LogP contribution in [0.5, 0.6) is 0 Å². The normalized spacial score (nSPS) is 20.5. The molecule has 1 aromatic heterocycles. The van der Waals surface area contributed by atoms with Gasteiger partial charge in [0.25, 0.3) is 0 Å². The fourth-order valence-corrected chi connectivity index (χ4v) is 2.56. The molecule has 20 heavy (non-hydrogen) atoms. The highest BCUT2D eigenvalue weighted by Gasteiger charge is 2.44. The van der Waals surface area contributed by atoms with Gasteiger partial charge in [-0.15, -0.1) is 0 Å². The molecule has 2 aromatic rings. The predicted octanol–water partition coefficient (Wildman–Crippen LogP) is 3.53. The second-order valence-corrected chi connectivity index (χ2v) is 5.48. The predicted molar refractivity (Wildman–Crippen MR) is 78.0 cm³/mol. The highest BCUT2D eigenvalue weighted by molar-refractivity contribution is 6.30. The molecule has 102 valence electrons. The third-order valence-corrected chi connectivity index (χ3v) is 3.70. The first-order valence-electron chi connectivity index (χ1n) is 6.18. The maximum atomic E-state index is 12.1. The van der Waals surface area contributed by atoms with Crippen molar-refractivity contribution in [2.24, 2.45) is 5.92 Å². The molecule has 1 aliphatic carbocycles. The summed E-state index contributed by atoms with van der Waals surface area (Å²) < 4.78 is 0. The molecule has 2 unspecified atom stereocenters. The van der Waals surface area contributed by atoms with Gasteiger partial charge in [-0.25, -0.2) is 9.97 Å². The van der Waals surface area contributed by atoms with Crippen LogP contribution in [-0.2, 0) is 4.79 Å². The zero-order valence-electron chi connectivity index (χ0n) is 10.4. The Bertz CT molecular complexity index is 662. The fraction of sp³-hybridized carbons (Fsp3) is 0.214. The number of aromatic nitrogens is 2. The van der Waals surface area contributed by atoms with Gasteiger partial charge in [-0.05, 0) is 47.7 Å². The Kier molecular flexibility index (Phi) is 3.59. The van der Waals surface area contributed by atoms with Crippen molar-refractivity contribution in [2.45, 2.75) is 12.3 Å². The van der Waals surface area contributed by atoms with Crippen molar-refractivity contribution in [3.63, 3.8) is 0 Å². The summed E-state index contributed by atoms with van der Waals surface area (Å²) in [5, 5.41) is 3.56. The SMILES string of the molecule is O=C(Nc1ccnc(Cl)n1)C1CC1c1cccc(Cl)c1. The van der Waals surface area contributed by atoms with Crippen LogP contribution in [0.1, 0.15) is 17.9 Å². The Morgan fingerprint density at radius 3 is 2.90 bits per heavy atom. The quantitative estimate of drug-likeness (QED) is 0.883.